The van der Waals surface area contributed by atoms with Crippen molar-refractivity contribution in [3.63, 3.8) is 0 Å². The maximum Gasteiger partial charge on any atom is 0.327 e. The highest BCUT2D eigenvalue weighted by atomic mass is 16.4. The molecule has 23 heavy (non-hydrogen) atoms. The van der Waals surface area contributed by atoms with Gasteiger partial charge < -0.3 is 5.11 Å². The summed E-state index contributed by atoms with van der Waals surface area (Å²) < 4.78 is 0. The van der Waals surface area contributed by atoms with E-state index >= 15 is 0 Å². The molecule has 0 amide bonds. The molecule has 0 aromatic carbocycles. The van der Waals surface area contributed by atoms with Crippen molar-refractivity contribution in [3.8, 4) is 0 Å². The highest BCUT2D eigenvalue weighted by Gasteiger charge is 2.30. The lowest BCUT2D eigenvalue weighted by molar-refractivity contribution is -0.131. The number of hydrogen-bond acceptors (Lipinski definition) is 1. The molecule has 2 aliphatic carbocycles. The Bertz CT molecular complexity index is 358. The zero-order valence-corrected chi connectivity index (χ0v) is 15.0. The Labute approximate surface area is 142 Å². The van der Waals surface area contributed by atoms with Crippen LogP contribution in [0.5, 0.6) is 0 Å². The summed E-state index contributed by atoms with van der Waals surface area (Å²) in [5, 5.41) is 8.66. The van der Waals surface area contributed by atoms with Gasteiger partial charge in [-0.2, -0.15) is 0 Å². The Hall–Kier alpha value is -0.790. The van der Waals surface area contributed by atoms with Crippen molar-refractivity contribution in [2.45, 2.75) is 90.4 Å². The van der Waals surface area contributed by atoms with Gasteiger partial charge in [-0.15, -0.1) is 0 Å². The molecule has 0 spiro atoms. The number of carboxylic acid groups (broad SMARTS) is 1. The van der Waals surface area contributed by atoms with Gasteiger partial charge in [-0.25, -0.2) is 4.79 Å². The molecular weight excluding hydrogens is 284 g/mol. The maximum absolute atomic E-state index is 10.5. The van der Waals surface area contributed by atoms with Crippen LogP contribution in [0.25, 0.3) is 0 Å². The first-order valence-electron chi connectivity index (χ1n) is 10.1. The number of rotatable bonds is 8. The fourth-order valence-corrected chi connectivity index (χ4v) is 4.89. The van der Waals surface area contributed by atoms with Crippen molar-refractivity contribution < 1.29 is 9.90 Å². The van der Waals surface area contributed by atoms with Gasteiger partial charge in [0.1, 0.15) is 0 Å². The minimum Gasteiger partial charge on any atom is -0.478 e. The number of unbranched alkanes of at least 4 members (excludes halogenated alkanes) is 2. The zero-order chi connectivity index (χ0) is 16.5. The van der Waals surface area contributed by atoms with Crippen LogP contribution in [-0.4, -0.2) is 11.1 Å². The number of aliphatic carboxylic acids is 1. The average Bonchev–Trinajstić information content (AvgIpc) is 2.56. The van der Waals surface area contributed by atoms with Crippen LogP contribution in [0.15, 0.2) is 12.2 Å². The first-order valence-corrected chi connectivity index (χ1v) is 10.1. The second-order valence-electron chi connectivity index (χ2n) is 8.03. The second kappa shape index (κ2) is 10.2. The number of carbonyl (C=O) groups is 1. The molecule has 2 rings (SSSR count). The monoisotopic (exact) mass is 320 g/mol. The van der Waals surface area contributed by atoms with E-state index in [9.17, 15) is 4.79 Å². The van der Waals surface area contributed by atoms with Crippen LogP contribution in [-0.2, 0) is 4.79 Å². The molecule has 0 radical (unpaired) electrons. The highest BCUT2D eigenvalue weighted by molar-refractivity contribution is 5.79. The van der Waals surface area contributed by atoms with Crippen molar-refractivity contribution in [1.29, 1.82) is 0 Å². The van der Waals surface area contributed by atoms with E-state index in [0.29, 0.717) is 0 Å². The summed E-state index contributed by atoms with van der Waals surface area (Å²) in [6, 6.07) is 0. The number of carboxylic acids is 1. The largest absolute Gasteiger partial charge is 0.478 e. The molecule has 0 aromatic rings. The Morgan fingerprint density at radius 3 is 2.00 bits per heavy atom. The van der Waals surface area contributed by atoms with Gasteiger partial charge in [0.15, 0.2) is 0 Å². The van der Waals surface area contributed by atoms with Crippen molar-refractivity contribution >= 4 is 5.97 Å². The molecule has 0 aromatic heterocycles. The first kappa shape index (κ1) is 18.5. The molecule has 2 aliphatic rings. The van der Waals surface area contributed by atoms with Crippen LogP contribution < -0.4 is 0 Å². The van der Waals surface area contributed by atoms with E-state index in [-0.39, 0.29) is 0 Å². The normalized spacial score (nSPS) is 32.2. The lowest BCUT2D eigenvalue weighted by Gasteiger charge is -2.37. The molecule has 0 bridgehead atoms. The minimum atomic E-state index is -0.811. The zero-order valence-electron chi connectivity index (χ0n) is 15.0. The van der Waals surface area contributed by atoms with Gasteiger partial charge in [-0.05, 0) is 68.6 Å². The first-order chi connectivity index (χ1) is 11.2. The molecule has 0 aliphatic heterocycles. The lowest BCUT2D eigenvalue weighted by atomic mass is 9.68. The molecule has 2 fully saturated rings. The van der Waals surface area contributed by atoms with Crippen molar-refractivity contribution in [2.75, 3.05) is 0 Å². The van der Waals surface area contributed by atoms with Gasteiger partial charge in [0, 0.05) is 6.08 Å². The van der Waals surface area contributed by atoms with E-state index < -0.39 is 5.97 Å². The molecular formula is C21H36O2. The molecule has 0 unspecified atom stereocenters. The Morgan fingerprint density at radius 1 is 0.913 bits per heavy atom. The van der Waals surface area contributed by atoms with Gasteiger partial charge >= 0.3 is 5.97 Å². The lowest BCUT2D eigenvalue weighted by Crippen LogP contribution is -2.25. The van der Waals surface area contributed by atoms with E-state index in [1.54, 1.807) is 0 Å². The van der Waals surface area contributed by atoms with Crippen LogP contribution >= 0.6 is 0 Å². The molecule has 0 atom stereocenters. The number of allylic oxidation sites excluding steroid dienone is 1. The fourth-order valence-electron chi connectivity index (χ4n) is 4.89. The van der Waals surface area contributed by atoms with E-state index in [1.165, 1.54) is 83.1 Å². The molecule has 1 N–H and O–H groups in total. The van der Waals surface area contributed by atoms with E-state index in [0.717, 1.165) is 30.1 Å². The van der Waals surface area contributed by atoms with E-state index in [2.05, 4.69) is 6.92 Å². The highest BCUT2D eigenvalue weighted by Crippen LogP contribution is 2.42. The van der Waals surface area contributed by atoms with E-state index in [1.807, 2.05) is 6.08 Å². The molecule has 2 saturated carbocycles. The molecule has 0 saturated heterocycles. The Kier molecular flexibility index (Phi) is 8.19. The van der Waals surface area contributed by atoms with Gasteiger partial charge in [0.05, 0.1) is 0 Å². The minimum absolute atomic E-state index is 0.729. The smallest absolute Gasteiger partial charge is 0.327 e. The van der Waals surface area contributed by atoms with E-state index in [4.69, 9.17) is 5.11 Å². The van der Waals surface area contributed by atoms with Gasteiger partial charge in [-0.3, -0.25) is 0 Å². The third-order valence-electron chi connectivity index (χ3n) is 6.40. The second-order valence-corrected chi connectivity index (χ2v) is 8.03. The van der Waals surface area contributed by atoms with Crippen molar-refractivity contribution in [2.24, 2.45) is 23.7 Å². The van der Waals surface area contributed by atoms with Crippen LogP contribution in [0.2, 0.25) is 0 Å². The topological polar surface area (TPSA) is 37.3 Å². The summed E-state index contributed by atoms with van der Waals surface area (Å²) in [4.78, 5) is 10.5. The summed E-state index contributed by atoms with van der Waals surface area (Å²) in [6.07, 6.45) is 21.1. The predicted molar refractivity (Wildman–Crippen MR) is 96.4 cm³/mol. The Balaban J connectivity index is 1.62. The van der Waals surface area contributed by atoms with Gasteiger partial charge in [0.25, 0.3) is 0 Å². The van der Waals surface area contributed by atoms with Gasteiger partial charge in [-0.1, -0.05) is 51.5 Å². The van der Waals surface area contributed by atoms with Crippen LogP contribution in [0.1, 0.15) is 90.4 Å². The third-order valence-corrected chi connectivity index (χ3v) is 6.40. The van der Waals surface area contributed by atoms with Crippen molar-refractivity contribution in [1.82, 2.24) is 0 Å². The quantitative estimate of drug-likeness (QED) is 0.426. The number of hydrogen-bond donors (Lipinski definition) is 1. The molecule has 0 heterocycles. The summed E-state index contributed by atoms with van der Waals surface area (Å²) in [7, 11) is 0. The molecule has 132 valence electrons. The van der Waals surface area contributed by atoms with Gasteiger partial charge in [0.2, 0.25) is 0 Å². The van der Waals surface area contributed by atoms with Crippen LogP contribution in [0.3, 0.4) is 0 Å². The third kappa shape index (κ3) is 6.69. The summed E-state index contributed by atoms with van der Waals surface area (Å²) in [5.74, 6) is 2.90. The van der Waals surface area contributed by atoms with Crippen LogP contribution in [0, 0.1) is 23.7 Å². The summed E-state index contributed by atoms with van der Waals surface area (Å²) >= 11 is 0. The standard InChI is InChI=1S/C21H36O2/c1-2-3-4-6-17-9-13-19(14-10-17)20-15-11-18(12-16-20)7-5-8-21(22)23/h5,8,17-20H,2-4,6-7,9-16H2,1H3,(H,22,23)/b8-5+/t17-,18-,19-,20-. The SMILES string of the molecule is CCCCC[C@H]1CC[C@H]([C@H]2CC[C@H](C/C=C/C(=O)O)CC2)CC1. The van der Waals surface area contributed by atoms with Crippen LogP contribution in [0.4, 0.5) is 0 Å². The maximum atomic E-state index is 10.5. The fraction of sp³-hybridized carbons (Fsp3) is 0.857. The molecule has 2 heteroatoms. The summed E-state index contributed by atoms with van der Waals surface area (Å²) in [5.41, 5.74) is 0. The van der Waals surface area contributed by atoms with Crippen molar-refractivity contribution in [3.05, 3.63) is 12.2 Å². The predicted octanol–water partition coefficient (Wildman–Crippen LogP) is 6.21. The Morgan fingerprint density at radius 2 is 1.48 bits per heavy atom. The summed E-state index contributed by atoms with van der Waals surface area (Å²) in [6.45, 7) is 2.30. The molecule has 2 nitrogen and oxygen atoms in total. The average molecular weight is 321 g/mol.